The molecule has 0 saturated heterocycles. The molecule has 0 aliphatic heterocycles. The van der Waals surface area contributed by atoms with Crippen molar-refractivity contribution in [2.75, 3.05) is 0 Å². The molecule has 0 spiro atoms. The molecule has 0 unspecified atom stereocenters. The second kappa shape index (κ2) is 4.15. The van der Waals surface area contributed by atoms with Crippen LogP contribution in [0.3, 0.4) is 0 Å². The Kier molecular flexibility index (Phi) is 3.41. The lowest BCUT2D eigenvalue weighted by Crippen LogP contribution is -2.22. The first-order valence-electron chi connectivity index (χ1n) is 6.03. The third-order valence-electron chi connectivity index (χ3n) is 2.58. The predicted octanol–water partition coefficient (Wildman–Crippen LogP) is 3.63. The third kappa shape index (κ3) is 3.03. The first-order valence-corrected chi connectivity index (χ1v) is 6.03. The van der Waals surface area contributed by atoms with Gasteiger partial charge in [0.15, 0.2) is 0 Å². The van der Waals surface area contributed by atoms with Crippen LogP contribution in [-0.2, 0) is 17.3 Å². The zero-order valence-electron chi connectivity index (χ0n) is 11.7. The quantitative estimate of drug-likeness (QED) is 0.722. The van der Waals surface area contributed by atoms with Crippen LogP contribution in [0.1, 0.15) is 65.7 Å². The van der Waals surface area contributed by atoms with Crippen molar-refractivity contribution in [1.82, 2.24) is 9.97 Å². The summed E-state index contributed by atoms with van der Waals surface area (Å²) < 4.78 is 0. The second-order valence-electron chi connectivity index (χ2n) is 6.42. The van der Waals surface area contributed by atoms with Gasteiger partial charge in [0.05, 0.1) is 0 Å². The molecule has 0 saturated carbocycles. The predicted molar refractivity (Wildman–Crippen MR) is 68.8 cm³/mol. The van der Waals surface area contributed by atoms with Gasteiger partial charge in [0.1, 0.15) is 5.82 Å². The molecule has 1 aromatic heterocycles. The van der Waals surface area contributed by atoms with Crippen LogP contribution >= 0.6 is 0 Å². The summed E-state index contributed by atoms with van der Waals surface area (Å²) in [5.74, 6) is 0.955. The molecule has 0 aliphatic carbocycles. The average Bonchev–Trinajstić information content (AvgIpc) is 2.14. The van der Waals surface area contributed by atoms with Crippen LogP contribution < -0.4 is 0 Å². The molecule has 0 fully saturated rings. The summed E-state index contributed by atoms with van der Waals surface area (Å²) in [5.41, 5.74) is 2.40. The van der Waals surface area contributed by atoms with Crippen molar-refractivity contribution in [3.05, 3.63) is 23.3 Å². The molecule has 1 heterocycles. The highest BCUT2D eigenvalue weighted by molar-refractivity contribution is 5.20. The van der Waals surface area contributed by atoms with Gasteiger partial charge in [-0.15, -0.1) is 0 Å². The Morgan fingerprint density at radius 1 is 0.938 bits per heavy atom. The topological polar surface area (TPSA) is 25.8 Å². The van der Waals surface area contributed by atoms with Crippen LogP contribution in [0.15, 0.2) is 6.07 Å². The molecule has 0 aromatic carbocycles. The van der Waals surface area contributed by atoms with Crippen LogP contribution in [0.4, 0.5) is 0 Å². The third-order valence-corrected chi connectivity index (χ3v) is 2.58. The number of hydrogen-bond donors (Lipinski definition) is 0. The molecule has 1 rings (SSSR count). The lowest BCUT2D eigenvalue weighted by Gasteiger charge is -2.23. The summed E-state index contributed by atoms with van der Waals surface area (Å²) in [6.45, 7) is 15.2. The lowest BCUT2D eigenvalue weighted by atomic mass is 9.89. The first-order chi connectivity index (χ1) is 7.14. The maximum absolute atomic E-state index is 4.71. The molecule has 2 heteroatoms. The Labute approximate surface area is 99.5 Å². The van der Waals surface area contributed by atoms with Crippen molar-refractivity contribution in [2.24, 2.45) is 0 Å². The van der Waals surface area contributed by atoms with Crippen molar-refractivity contribution in [3.63, 3.8) is 0 Å². The molecule has 0 aliphatic rings. The van der Waals surface area contributed by atoms with Crippen molar-refractivity contribution in [3.8, 4) is 0 Å². The van der Waals surface area contributed by atoms with Crippen molar-refractivity contribution in [2.45, 2.75) is 65.7 Å². The Hall–Kier alpha value is -0.920. The highest BCUT2D eigenvalue weighted by Gasteiger charge is 2.23. The zero-order chi connectivity index (χ0) is 12.6. The van der Waals surface area contributed by atoms with Gasteiger partial charge in [-0.3, -0.25) is 0 Å². The lowest BCUT2D eigenvalue weighted by molar-refractivity contribution is 0.509. The minimum atomic E-state index is 0.0190. The van der Waals surface area contributed by atoms with E-state index in [4.69, 9.17) is 4.98 Å². The fourth-order valence-electron chi connectivity index (χ4n) is 1.40. The van der Waals surface area contributed by atoms with Gasteiger partial charge in [-0.05, 0) is 12.5 Å². The smallest absolute Gasteiger partial charge is 0.134 e. The molecule has 0 N–H and O–H groups in total. The summed E-state index contributed by atoms with van der Waals surface area (Å²) in [7, 11) is 0. The summed E-state index contributed by atoms with van der Waals surface area (Å²) in [5, 5.41) is 0. The van der Waals surface area contributed by atoms with Crippen LogP contribution in [0, 0.1) is 0 Å². The van der Waals surface area contributed by atoms with E-state index in [0.717, 1.165) is 23.6 Å². The van der Waals surface area contributed by atoms with E-state index in [0.29, 0.717) is 0 Å². The van der Waals surface area contributed by atoms with Gasteiger partial charge in [0, 0.05) is 22.2 Å². The van der Waals surface area contributed by atoms with E-state index >= 15 is 0 Å². The summed E-state index contributed by atoms with van der Waals surface area (Å²) in [4.78, 5) is 9.34. The largest absolute Gasteiger partial charge is 0.237 e. The van der Waals surface area contributed by atoms with E-state index in [1.54, 1.807) is 0 Å². The van der Waals surface area contributed by atoms with Gasteiger partial charge in [-0.1, -0.05) is 48.5 Å². The molecule has 0 amide bonds. The maximum Gasteiger partial charge on any atom is 0.134 e. The standard InChI is InChI=1S/C14H24N2/c1-8-10-9-11(13(2,3)4)16-12(15-10)14(5,6)7/h9H,8H2,1-7H3. The van der Waals surface area contributed by atoms with Crippen LogP contribution in [0.5, 0.6) is 0 Å². The van der Waals surface area contributed by atoms with Gasteiger partial charge in [0.25, 0.3) is 0 Å². The second-order valence-corrected chi connectivity index (χ2v) is 6.42. The fraction of sp³-hybridized carbons (Fsp3) is 0.714. The molecule has 0 radical (unpaired) electrons. The molecular formula is C14H24N2. The Bertz CT molecular complexity index is 335. The Morgan fingerprint density at radius 2 is 1.50 bits per heavy atom. The van der Waals surface area contributed by atoms with Crippen LogP contribution in [0.2, 0.25) is 0 Å². The van der Waals surface area contributed by atoms with E-state index in [2.05, 4.69) is 59.5 Å². The molecular weight excluding hydrogens is 196 g/mol. The zero-order valence-corrected chi connectivity index (χ0v) is 11.7. The fourth-order valence-corrected chi connectivity index (χ4v) is 1.40. The number of nitrogens with zero attached hydrogens (tertiary/aromatic N) is 2. The molecule has 1 aromatic rings. The first kappa shape index (κ1) is 13.1. The normalized spacial score (nSPS) is 12.9. The van der Waals surface area contributed by atoms with Crippen molar-refractivity contribution in [1.29, 1.82) is 0 Å². The SMILES string of the molecule is CCc1cc(C(C)(C)C)nc(C(C)(C)C)n1. The monoisotopic (exact) mass is 220 g/mol. The van der Waals surface area contributed by atoms with Crippen molar-refractivity contribution >= 4 is 0 Å². The summed E-state index contributed by atoms with van der Waals surface area (Å²) in [6.07, 6.45) is 0.967. The molecule has 0 atom stereocenters. The van der Waals surface area contributed by atoms with Gasteiger partial charge >= 0.3 is 0 Å². The minimum Gasteiger partial charge on any atom is -0.237 e. The van der Waals surface area contributed by atoms with E-state index in [1.165, 1.54) is 0 Å². The van der Waals surface area contributed by atoms with Crippen LogP contribution in [0.25, 0.3) is 0 Å². The maximum atomic E-state index is 4.71. The summed E-state index contributed by atoms with van der Waals surface area (Å²) >= 11 is 0. The van der Waals surface area contributed by atoms with E-state index < -0.39 is 0 Å². The van der Waals surface area contributed by atoms with E-state index in [-0.39, 0.29) is 10.8 Å². The number of aryl methyl sites for hydroxylation is 1. The highest BCUT2D eigenvalue weighted by atomic mass is 14.9. The number of hydrogen-bond acceptors (Lipinski definition) is 2. The van der Waals surface area contributed by atoms with Gasteiger partial charge < -0.3 is 0 Å². The van der Waals surface area contributed by atoms with Crippen molar-refractivity contribution < 1.29 is 0 Å². The molecule has 2 nitrogen and oxygen atoms in total. The molecule has 16 heavy (non-hydrogen) atoms. The molecule has 90 valence electrons. The van der Waals surface area contributed by atoms with Crippen LogP contribution in [-0.4, -0.2) is 9.97 Å². The molecule has 0 bridgehead atoms. The highest BCUT2D eigenvalue weighted by Crippen LogP contribution is 2.25. The minimum absolute atomic E-state index is 0.0190. The van der Waals surface area contributed by atoms with E-state index in [9.17, 15) is 0 Å². The average molecular weight is 220 g/mol. The van der Waals surface area contributed by atoms with Gasteiger partial charge in [-0.2, -0.15) is 0 Å². The van der Waals surface area contributed by atoms with Gasteiger partial charge in [-0.25, -0.2) is 9.97 Å². The van der Waals surface area contributed by atoms with E-state index in [1.807, 2.05) is 0 Å². The number of rotatable bonds is 1. The Balaban J connectivity index is 3.33. The van der Waals surface area contributed by atoms with Gasteiger partial charge in [0.2, 0.25) is 0 Å². The number of aromatic nitrogens is 2. The summed E-state index contributed by atoms with van der Waals surface area (Å²) in [6, 6.07) is 2.13. The Morgan fingerprint density at radius 3 is 1.88 bits per heavy atom.